The van der Waals surface area contributed by atoms with E-state index in [1.165, 1.54) is 0 Å². The summed E-state index contributed by atoms with van der Waals surface area (Å²) in [5.41, 5.74) is 4.73. The summed E-state index contributed by atoms with van der Waals surface area (Å²) in [6.07, 6.45) is 7.17. The van der Waals surface area contributed by atoms with Gasteiger partial charge in [-0.3, -0.25) is 9.48 Å². The van der Waals surface area contributed by atoms with Crippen LogP contribution in [0, 0.1) is 0 Å². The van der Waals surface area contributed by atoms with Gasteiger partial charge in [-0.15, -0.1) is 0 Å². The van der Waals surface area contributed by atoms with E-state index in [0.717, 1.165) is 22.0 Å². The molecule has 3 heterocycles. The lowest BCUT2D eigenvalue weighted by molar-refractivity contribution is 0.102. The molecule has 7 nitrogen and oxygen atoms in total. The lowest BCUT2D eigenvalue weighted by Crippen LogP contribution is -2.14. The summed E-state index contributed by atoms with van der Waals surface area (Å²) in [6.45, 7) is 0. The maximum atomic E-state index is 13.0. The number of rotatable bonds is 4. The molecule has 0 fully saturated rings. The third-order valence-corrected chi connectivity index (χ3v) is 5.19. The van der Waals surface area contributed by atoms with Gasteiger partial charge in [-0.2, -0.15) is 5.10 Å². The Hall–Kier alpha value is -4.13. The third kappa shape index (κ3) is 2.97. The van der Waals surface area contributed by atoms with Crippen molar-refractivity contribution >= 4 is 28.1 Å². The molecule has 1 N–H and O–H groups in total. The van der Waals surface area contributed by atoms with Crippen molar-refractivity contribution in [2.75, 3.05) is 12.4 Å². The Morgan fingerprint density at radius 1 is 1.07 bits per heavy atom. The summed E-state index contributed by atoms with van der Waals surface area (Å²) in [7, 11) is 3.50. The van der Waals surface area contributed by atoms with Crippen molar-refractivity contribution in [3.8, 4) is 16.9 Å². The third-order valence-electron chi connectivity index (χ3n) is 5.19. The Morgan fingerprint density at radius 3 is 2.77 bits per heavy atom. The zero-order valence-corrected chi connectivity index (χ0v) is 16.5. The van der Waals surface area contributed by atoms with Crippen LogP contribution in [0.2, 0.25) is 0 Å². The van der Waals surface area contributed by atoms with E-state index in [1.54, 1.807) is 19.4 Å². The number of anilines is 1. The second-order valence-electron chi connectivity index (χ2n) is 6.99. The van der Waals surface area contributed by atoms with E-state index in [9.17, 15) is 4.79 Å². The number of hydrogen-bond donors (Lipinski definition) is 1. The van der Waals surface area contributed by atoms with Crippen LogP contribution >= 0.6 is 0 Å². The Morgan fingerprint density at radius 2 is 1.90 bits per heavy atom. The molecule has 30 heavy (non-hydrogen) atoms. The minimum atomic E-state index is -0.246. The smallest absolute Gasteiger partial charge is 0.259 e. The number of hydrogen-bond acceptors (Lipinski definition) is 4. The molecule has 0 aliphatic carbocycles. The quantitative estimate of drug-likeness (QED) is 0.494. The fraction of sp³-hybridized carbons (Fsp3) is 0.0870. The predicted molar refractivity (Wildman–Crippen MR) is 116 cm³/mol. The predicted octanol–water partition coefficient (Wildman–Crippen LogP) is 4.15. The number of benzene rings is 2. The lowest BCUT2D eigenvalue weighted by atomic mass is 10.0. The number of carbonyl (C=O) groups excluding carboxylic acids is 1. The van der Waals surface area contributed by atoms with E-state index in [1.807, 2.05) is 71.1 Å². The van der Waals surface area contributed by atoms with Crippen LogP contribution in [0.1, 0.15) is 10.4 Å². The first-order valence-corrected chi connectivity index (χ1v) is 9.47. The van der Waals surface area contributed by atoms with Gasteiger partial charge in [0.15, 0.2) is 0 Å². The van der Waals surface area contributed by atoms with Gasteiger partial charge >= 0.3 is 0 Å². The number of imidazole rings is 1. The van der Waals surface area contributed by atoms with Crippen molar-refractivity contribution < 1.29 is 9.53 Å². The number of aryl methyl sites for hydroxylation is 1. The number of methoxy groups -OCH3 is 1. The summed E-state index contributed by atoms with van der Waals surface area (Å²) < 4.78 is 9.13. The van der Waals surface area contributed by atoms with Gasteiger partial charge < -0.3 is 14.5 Å². The molecule has 5 rings (SSSR count). The molecule has 0 saturated carbocycles. The van der Waals surface area contributed by atoms with Crippen LogP contribution in [-0.4, -0.2) is 32.2 Å². The molecular weight excluding hydrogens is 378 g/mol. The molecule has 0 radical (unpaired) electrons. The van der Waals surface area contributed by atoms with Gasteiger partial charge in [0, 0.05) is 31.0 Å². The standard InChI is InChI=1S/C23H19N5O2/c1-27-20-13-16(5-6-17(20)14-25-27)15-7-8-21(30-2)19(12-15)26-23(29)18-4-3-10-28-11-9-24-22(18)28/h3-14H,1-2H3,(H,26,29). The van der Waals surface area contributed by atoms with Crippen molar-refractivity contribution in [1.82, 2.24) is 19.2 Å². The highest BCUT2D eigenvalue weighted by atomic mass is 16.5. The van der Waals surface area contributed by atoms with Crippen molar-refractivity contribution in [2.45, 2.75) is 0 Å². The van der Waals surface area contributed by atoms with Crippen LogP contribution in [-0.2, 0) is 7.05 Å². The minimum absolute atomic E-state index is 0.246. The van der Waals surface area contributed by atoms with Gasteiger partial charge in [0.05, 0.1) is 30.1 Å². The minimum Gasteiger partial charge on any atom is -0.495 e. The van der Waals surface area contributed by atoms with E-state index in [0.29, 0.717) is 22.6 Å². The summed E-state index contributed by atoms with van der Waals surface area (Å²) in [4.78, 5) is 17.3. The Labute approximate surface area is 172 Å². The zero-order valence-electron chi connectivity index (χ0n) is 16.5. The van der Waals surface area contributed by atoms with Crippen molar-refractivity contribution in [2.24, 2.45) is 7.05 Å². The molecule has 148 valence electrons. The van der Waals surface area contributed by atoms with Gasteiger partial charge in [0.1, 0.15) is 11.4 Å². The number of amides is 1. The number of pyridine rings is 1. The highest BCUT2D eigenvalue weighted by Gasteiger charge is 2.15. The molecule has 0 spiro atoms. The molecule has 0 aliphatic heterocycles. The molecular formula is C23H19N5O2. The molecule has 0 atom stereocenters. The number of fused-ring (bicyclic) bond motifs is 2. The van der Waals surface area contributed by atoms with Gasteiger partial charge in [0.2, 0.25) is 0 Å². The maximum absolute atomic E-state index is 13.0. The highest BCUT2D eigenvalue weighted by molar-refractivity contribution is 6.09. The number of nitrogens with zero attached hydrogens (tertiary/aromatic N) is 4. The molecule has 0 saturated heterocycles. The molecule has 0 aliphatic rings. The summed E-state index contributed by atoms with van der Waals surface area (Å²) in [5, 5.41) is 8.36. The Bertz CT molecular complexity index is 1400. The average molecular weight is 397 g/mol. The highest BCUT2D eigenvalue weighted by Crippen LogP contribution is 2.32. The van der Waals surface area contributed by atoms with Crippen molar-refractivity contribution in [1.29, 1.82) is 0 Å². The van der Waals surface area contributed by atoms with E-state index in [2.05, 4.69) is 21.5 Å². The number of aromatic nitrogens is 4. The van der Waals surface area contributed by atoms with Crippen molar-refractivity contribution in [3.63, 3.8) is 0 Å². The van der Waals surface area contributed by atoms with Crippen LogP contribution in [0.3, 0.4) is 0 Å². The van der Waals surface area contributed by atoms with E-state index in [4.69, 9.17) is 4.74 Å². The summed E-state index contributed by atoms with van der Waals surface area (Å²) in [5.74, 6) is 0.341. The van der Waals surface area contributed by atoms with Gasteiger partial charge in [-0.05, 0) is 41.5 Å². The van der Waals surface area contributed by atoms with Gasteiger partial charge in [-0.25, -0.2) is 4.98 Å². The average Bonchev–Trinajstić information content (AvgIpc) is 3.40. The topological polar surface area (TPSA) is 73.5 Å². The molecule has 0 bridgehead atoms. The Kier molecular flexibility index (Phi) is 4.21. The van der Waals surface area contributed by atoms with Crippen LogP contribution < -0.4 is 10.1 Å². The fourth-order valence-electron chi connectivity index (χ4n) is 3.62. The molecule has 0 unspecified atom stereocenters. The first-order chi connectivity index (χ1) is 14.6. The molecule has 1 amide bonds. The monoisotopic (exact) mass is 397 g/mol. The Balaban J connectivity index is 1.53. The van der Waals surface area contributed by atoms with E-state index < -0.39 is 0 Å². The lowest BCUT2D eigenvalue weighted by Gasteiger charge is -2.13. The molecule has 7 heteroatoms. The SMILES string of the molecule is COc1ccc(-c2ccc3cnn(C)c3c2)cc1NC(=O)c1cccn2ccnc12. The first-order valence-electron chi connectivity index (χ1n) is 9.47. The van der Waals surface area contributed by atoms with E-state index >= 15 is 0 Å². The summed E-state index contributed by atoms with van der Waals surface area (Å²) in [6, 6.07) is 15.5. The second kappa shape index (κ2) is 7.04. The van der Waals surface area contributed by atoms with Crippen LogP contribution in [0.4, 0.5) is 5.69 Å². The number of carbonyl (C=O) groups is 1. The first kappa shape index (κ1) is 17.9. The zero-order chi connectivity index (χ0) is 20.7. The van der Waals surface area contributed by atoms with Crippen LogP contribution in [0.15, 0.2) is 73.3 Å². The molecule has 5 aromatic rings. The summed E-state index contributed by atoms with van der Waals surface area (Å²) >= 11 is 0. The number of nitrogens with one attached hydrogen (secondary N) is 1. The molecule has 2 aromatic carbocycles. The van der Waals surface area contributed by atoms with E-state index in [-0.39, 0.29) is 5.91 Å². The number of ether oxygens (including phenoxy) is 1. The largest absolute Gasteiger partial charge is 0.495 e. The fourth-order valence-corrected chi connectivity index (χ4v) is 3.62. The normalized spacial score (nSPS) is 11.1. The van der Waals surface area contributed by atoms with Crippen molar-refractivity contribution in [3.05, 3.63) is 78.9 Å². The van der Waals surface area contributed by atoms with Gasteiger partial charge in [0.25, 0.3) is 5.91 Å². The van der Waals surface area contributed by atoms with Gasteiger partial charge in [-0.1, -0.05) is 18.2 Å². The van der Waals surface area contributed by atoms with Crippen LogP contribution in [0.25, 0.3) is 27.7 Å². The van der Waals surface area contributed by atoms with Crippen LogP contribution in [0.5, 0.6) is 5.75 Å². The second-order valence-corrected chi connectivity index (χ2v) is 6.99. The molecule has 3 aromatic heterocycles. The maximum Gasteiger partial charge on any atom is 0.259 e.